The van der Waals surface area contributed by atoms with Crippen molar-refractivity contribution < 1.29 is 4.42 Å². The summed E-state index contributed by atoms with van der Waals surface area (Å²) in [7, 11) is 0. The van der Waals surface area contributed by atoms with Crippen molar-refractivity contribution in [2.45, 2.75) is 26.3 Å². The second-order valence-corrected chi connectivity index (χ2v) is 5.53. The fourth-order valence-corrected chi connectivity index (χ4v) is 2.48. The molecule has 0 amide bonds. The third kappa shape index (κ3) is 3.49. The Morgan fingerprint density at radius 1 is 1.35 bits per heavy atom. The van der Waals surface area contributed by atoms with E-state index in [1.165, 1.54) is 14.8 Å². The zero-order valence-electron chi connectivity index (χ0n) is 10.0. The van der Waals surface area contributed by atoms with Gasteiger partial charge in [0, 0.05) is 21.7 Å². The van der Waals surface area contributed by atoms with Crippen molar-refractivity contribution in [1.82, 2.24) is 0 Å². The van der Waals surface area contributed by atoms with Crippen molar-refractivity contribution in [3.63, 3.8) is 0 Å². The first-order valence-corrected chi connectivity index (χ1v) is 6.78. The monoisotopic (exact) mass is 341 g/mol. The van der Waals surface area contributed by atoms with E-state index in [1.54, 1.807) is 6.26 Å². The number of anilines is 1. The van der Waals surface area contributed by atoms with E-state index in [4.69, 9.17) is 4.42 Å². The van der Waals surface area contributed by atoms with Crippen LogP contribution < -0.4 is 5.32 Å². The lowest BCUT2D eigenvalue weighted by Crippen LogP contribution is -2.18. The fraction of sp³-hybridized carbons (Fsp3) is 0.286. The first kappa shape index (κ1) is 12.5. The summed E-state index contributed by atoms with van der Waals surface area (Å²) in [5.74, 6) is 1.02. The molecule has 17 heavy (non-hydrogen) atoms. The average molecular weight is 341 g/mol. The van der Waals surface area contributed by atoms with E-state index in [-0.39, 0.29) is 0 Å². The van der Waals surface area contributed by atoms with E-state index < -0.39 is 0 Å². The minimum Gasteiger partial charge on any atom is -0.469 e. The first-order chi connectivity index (χ1) is 8.15. The van der Waals surface area contributed by atoms with Crippen LogP contribution in [0.15, 0.2) is 41.0 Å². The molecule has 0 saturated carbocycles. The summed E-state index contributed by atoms with van der Waals surface area (Å²) in [5, 5.41) is 3.51. The van der Waals surface area contributed by atoms with Gasteiger partial charge in [-0.3, -0.25) is 0 Å². The molecule has 0 radical (unpaired) electrons. The molecular weight excluding hydrogens is 325 g/mol. The van der Waals surface area contributed by atoms with Crippen molar-refractivity contribution in [2.75, 3.05) is 5.32 Å². The fourth-order valence-electron chi connectivity index (χ4n) is 1.84. The van der Waals surface area contributed by atoms with E-state index in [0.717, 1.165) is 12.2 Å². The maximum Gasteiger partial charge on any atom is 0.105 e. The molecular formula is C14H16INO. The highest BCUT2D eigenvalue weighted by Crippen LogP contribution is 2.19. The van der Waals surface area contributed by atoms with Gasteiger partial charge in [0.15, 0.2) is 0 Å². The molecule has 2 aromatic rings. The molecule has 0 spiro atoms. The van der Waals surface area contributed by atoms with Gasteiger partial charge >= 0.3 is 0 Å². The lowest BCUT2D eigenvalue weighted by Gasteiger charge is -2.16. The molecule has 0 fully saturated rings. The van der Waals surface area contributed by atoms with Crippen LogP contribution >= 0.6 is 22.6 Å². The second kappa shape index (κ2) is 5.58. The average Bonchev–Trinajstić information content (AvgIpc) is 2.75. The zero-order chi connectivity index (χ0) is 12.3. The predicted octanol–water partition coefficient (Wildman–Crippen LogP) is 4.24. The molecule has 0 saturated heterocycles. The Hall–Kier alpha value is -0.970. The molecule has 1 aromatic carbocycles. The van der Waals surface area contributed by atoms with Crippen molar-refractivity contribution in [3.8, 4) is 0 Å². The Labute approximate surface area is 116 Å². The smallest absolute Gasteiger partial charge is 0.105 e. The summed E-state index contributed by atoms with van der Waals surface area (Å²) in [6, 6.07) is 10.7. The Balaban J connectivity index is 2.00. The molecule has 0 aliphatic carbocycles. The number of furan rings is 1. The lowest BCUT2D eigenvalue weighted by atomic mass is 10.1. The van der Waals surface area contributed by atoms with E-state index in [2.05, 4.69) is 60.0 Å². The minimum atomic E-state index is 0.361. The van der Waals surface area contributed by atoms with Gasteiger partial charge in [-0.25, -0.2) is 0 Å². The lowest BCUT2D eigenvalue weighted by molar-refractivity contribution is 0.498. The highest BCUT2D eigenvalue weighted by atomic mass is 127. The first-order valence-electron chi connectivity index (χ1n) is 5.70. The number of halogens is 1. The summed E-state index contributed by atoms with van der Waals surface area (Å²) in [5.41, 5.74) is 2.48. The largest absolute Gasteiger partial charge is 0.469 e. The van der Waals surface area contributed by atoms with Crippen LogP contribution in [0.5, 0.6) is 0 Å². The topological polar surface area (TPSA) is 25.2 Å². The van der Waals surface area contributed by atoms with Crippen LogP contribution in [0.4, 0.5) is 5.69 Å². The van der Waals surface area contributed by atoms with Crippen molar-refractivity contribution in [1.29, 1.82) is 0 Å². The second-order valence-electron chi connectivity index (χ2n) is 4.29. The van der Waals surface area contributed by atoms with Gasteiger partial charge in [0.05, 0.1) is 6.26 Å². The van der Waals surface area contributed by atoms with Gasteiger partial charge < -0.3 is 9.73 Å². The van der Waals surface area contributed by atoms with Gasteiger partial charge in [-0.15, -0.1) is 0 Å². The summed E-state index contributed by atoms with van der Waals surface area (Å²) in [4.78, 5) is 0. The van der Waals surface area contributed by atoms with E-state index in [9.17, 15) is 0 Å². The van der Waals surface area contributed by atoms with Gasteiger partial charge in [-0.2, -0.15) is 0 Å². The van der Waals surface area contributed by atoms with E-state index in [1.807, 2.05) is 12.1 Å². The number of hydrogen-bond acceptors (Lipinski definition) is 2. The molecule has 1 heterocycles. The van der Waals surface area contributed by atoms with Gasteiger partial charge in [0.25, 0.3) is 0 Å². The summed E-state index contributed by atoms with van der Waals surface area (Å²) < 4.78 is 6.62. The highest BCUT2D eigenvalue weighted by molar-refractivity contribution is 14.1. The molecule has 1 unspecified atom stereocenters. The maximum atomic E-state index is 5.35. The maximum absolute atomic E-state index is 5.35. The molecule has 90 valence electrons. The third-order valence-corrected chi connectivity index (χ3v) is 3.35. The van der Waals surface area contributed by atoms with E-state index in [0.29, 0.717) is 6.04 Å². The van der Waals surface area contributed by atoms with Crippen LogP contribution in [0.2, 0.25) is 0 Å². The number of nitrogens with one attached hydrogen (secondary N) is 1. The molecule has 2 rings (SSSR count). The molecule has 2 nitrogen and oxygen atoms in total. The molecule has 1 atom stereocenters. The van der Waals surface area contributed by atoms with Crippen LogP contribution in [-0.4, -0.2) is 6.04 Å². The van der Waals surface area contributed by atoms with Crippen LogP contribution in [0.3, 0.4) is 0 Å². The van der Waals surface area contributed by atoms with Crippen LogP contribution in [-0.2, 0) is 6.42 Å². The Bertz CT molecular complexity index is 479. The summed E-state index contributed by atoms with van der Waals surface area (Å²) in [6.07, 6.45) is 2.62. The van der Waals surface area contributed by atoms with Gasteiger partial charge in [0.1, 0.15) is 5.76 Å². The van der Waals surface area contributed by atoms with Crippen LogP contribution in [0.25, 0.3) is 0 Å². The molecule has 0 aliphatic rings. The van der Waals surface area contributed by atoms with Crippen molar-refractivity contribution in [3.05, 3.63) is 51.5 Å². The molecule has 1 aromatic heterocycles. The Morgan fingerprint density at radius 3 is 2.82 bits per heavy atom. The molecule has 0 bridgehead atoms. The normalized spacial score (nSPS) is 12.4. The summed E-state index contributed by atoms with van der Waals surface area (Å²) >= 11 is 2.33. The zero-order valence-corrected chi connectivity index (χ0v) is 12.2. The SMILES string of the molecule is Cc1cc(I)ccc1NC(C)Cc1ccco1. The molecule has 0 aliphatic heterocycles. The summed E-state index contributed by atoms with van der Waals surface area (Å²) in [6.45, 7) is 4.30. The number of aryl methyl sites for hydroxylation is 1. The number of benzene rings is 1. The highest BCUT2D eigenvalue weighted by Gasteiger charge is 2.07. The standard InChI is InChI=1S/C14H16INO/c1-10-8-12(15)5-6-14(10)16-11(2)9-13-4-3-7-17-13/h3-8,11,16H,9H2,1-2H3. The predicted molar refractivity (Wildman–Crippen MR) is 79.4 cm³/mol. The number of rotatable bonds is 4. The van der Waals surface area contributed by atoms with Crippen LogP contribution in [0.1, 0.15) is 18.2 Å². The Morgan fingerprint density at radius 2 is 2.18 bits per heavy atom. The van der Waals surface area contributed by atoms with Crippen molar-refractivity contribution >= 4 is 28.3 Å². The third-order valence-electron chi connectivity index (χ3n) is 2.68. The van der Waals surface area contributed by atoms with Crippen molar-refractivity contribution in [2.24, 2.45) is 0 Å². The Kier molecular flexibility index (Phi) is 4.10. The molecule has 3 heteroatoms. The van der Waals surface area contributed by atoms with Gasteiger partial charge in [0.2, 0.25) is 0 Å². The molecule has 1 N–H and O–H groups in total. The minimum absolute atomic E-state index is 0.361. The van der Waals surface area contributed by atoms with Gasteiger partial charge in [-0.1, -0.05) is 0 Å². The van der Waals surface area contributed by atoms with Crippen LogP contribution in [0, 0.1) is 10.5 Å². The van der Waals surface area contributed by atoms with Gasteiger partial charge in [-0.05, 0) is 72.3 Å². The quantitative estimate of drug-likeness (QED) is 0.842. The van der Waals surface area contributed by atoms with E-state index >= 15 is 0 Å². The number of hydrogen-bond donors (Lipinski definition) is 1.